The van der Waals surface area contributed by atoms with E-state index >= 15 is 4.39 Å². The molecule has 0 spiro atoms. The van der Waals surface area contributed by atoms with Crippen LogP contribution in [0.2, 0.25) is 0 Å². The molecule has 200 valence electrons. The Morgan fingerprint density at radius 1 is 1.05 bits per heavy atom. The number of piperidine rings is 2. The van der Waals surface area contributed by atoms with E-state index in [0.717, 1.165) is 0 Å². The number of fused-ring (bicyclic) bond motifs is 1. The normalized spacial score (nSPS) is 20.8. The Hall–Kier alpha value is -3.64. The van der Waals surface area contributed by atoms with Crippen LogP contribution in [-0.2, 0) is 31.0 Å². The van der Waals surface area contributed by atoms with Gasteiger partial charge in [0.05, 0.1) is 4.90 Å². The summed E-state index contributed by atoms with van der Waals surface area (Å²) in [4.78, 5) is 49.4. The van der Waals surface area contributed by atoms with Crippen LogP contribution in [0.1, 0.15) is 60.0 Å². The van der Waals surface area contributed by atoms with Gasteiger partial charge >= 0.3 is 0 Å². The Bertz CT molecular complexity index is 1430. The van der Waals surface area contributed by atoms with Gasteiger partial charge in [0.2, 0.25) is 27.7 Å². The van der Waals surface area contributed by atoms with Crippen LogP contribution >= 0.6 is 0 Å². The van der Waals surface area contributed by atoms with Crippen LogP contribution < -0.4 is 10.6 Å². The molecule has 38 heavy (non-hydrogen) atoms. The fourth-order valence-electron chi connectivity index (χ4n) is 5.39. The number of hydrogen-bond acceptors (Lipinski definition) is 6. The number of hydrogen-bond donors (Lipinski definition) is 2. The lowest BCUT2D eigenvalue weighted by Crippen LogP contribution is -2.52. The molecule has 2 aromatic rings. The van der Waals surface area contributed by atoms with Crippen molar-refractivity contribution in [1.82, 2.24) is 14.5 Å². The van der Waals surface area contributed by atoms with Crippen molar-refractivity contribution in [2.24, 2.45) is 0 Å². The number of anilines is 1. The SMILES string of the molecule is CC(=O)Nc1ccc(S(=O)(=O)N2CCC(c3cc4c(cc3F)C(=O)N(C3CCC(=O)NC3=O)C4)CC2)cc1. The van der Waals surface area contributed by atoms with Gasteiger partial charge in [-0.05, 0) is 66.6 Å². The molecular weight excluding hydrogens is 515 g/mol. The second-order valence-electron chi connectivity index (χ2n) is 9.81. The summed E-state index contributed by atoms with van der Waals surface area (Å²) in [6, 6.07) is 8.03. The number of sulfonamides is 1. The Kier molecular flexibility index (Phi) is 6.78. The largest absolute Gasteiger partial charge is 0.326 e. The van der Waals surface area contributed by atoms with Gasteiger partial charge < -0.3 is 10.2 Å². The molecule has 3 aliphatic heterocycles. The Labute approximate surface area is 219 Å². The molecule has 0 bridgehead atoms. The van der Waals surface area contributed by atoms with Crippen LogP contribution in [0.4, 0.5) is 10.1 Å². The summed E-state index contributed by atoms with van der Waals surface area (Å²) in [5.74, 6) is -2.36. The zero-order chi connectivity index (χ0) is 27.2. The summed E-state index contributed by atoms with van der Waals surface area (Å²) >= 11 is 0. The van der Waals surface area contributed by atoms with Gasteiger partial charge in [0, 0.05) is 44.2 Å². The number of imide groups is 1. The van der Waals surface area contributed by atoms with Gasteiger partial charge in [-0.15, -0.1) is 0 Å². The third-order valence-electron chi connectivity index (χ3n) is 7.35. The van der Waals surface area contributed by atoms with E-state index < -0.39 is 33.7 Å². The van der Waals surface area contributed by atoms with Crippen molar-refractivity contribution in [3.8, 4) is 0 Å². The Morgan fingerprint density at radius 3 is 2.37 bits per heavy atom. The third-order valence-corrected chi connectivity index (χ3v) is 9.26. The maximum Gasteiger partial charge on any atom is 0.255 e. The van der Waals surface area contributed by atoms with Crippen LogP contribution in [0.15, 0.2) is 41.3 Å². The summed E-state index contributed by atoms with van der Waals surface area (Å²) in [6.45, 7) is 1.93. The molecule has 1 unspecified atom stereocenters. The predicted octanol–water partition coefficient (Wildman–Crippen LogP) is 2.11. The summed E-state index contributed by atoms with van der Waals surface area (Å²) in [7, 11) is -3.75. The molecule has 10 nitrogen and oxygen atoms in total. The number of carbonyl (C=O) groups excluding carboxylic acids is 4. The number of benzene rings is 2. The van der Waals surface area contributed by atoms with Crippen molar-refractivity contribution < 1.29 is 32.0 Å². The van der Waals surface area contributed by atoms with Crippen molar-refractivity contribution in [3.05, 3.63) is 58.9 Å². The van der Waals surface area contributed by atoms with E-state index in [1.165, 1.54) is 46.5 Å². The van der Waals surface area contributed by atoms with E-state index in [1.54, 1.807) is 6.07 Å². The van der Waals surface area contributed by atoms with E-state index in [4.69, 9.17) is 0 Å². The predicted molar refractivity (Wildman–Crippen MR) is 134 cm³/mol. The van der Waals surface area contributed by atoms with Gasteiger partial charge in [-0.25, -0.2) is 12.8 Å². The molecule has 2 saturated heterocycles. The third kappa shape index (κ3) is 4.81. The standard InChI is InChI=1S/C26H27FN4O6S/c1-15(32)28-18-2-4-19(5-3-18)38(36,37)30-10-8-16(9-11-30)20-12-17-14-31(26(35)21(17)13-22(20)27)23-6-7-24(33)29-25(23)34/h2-5,12-13,16,23H,6-11,14H2,1H3,(H,28,32)(H,29,33,34). The molecule has 4 amide bonds. The highest BCUT2D eigenvalue weighted by Crippen LogP contribution is 2.36. The lowest BCUT2D eigenvalue weighted by Gasteiger charge is -2.31. The summed E-state index contributed by atoms with van der Waals surface area (Å²) in [5, 5.41) is 4.85. The minimum Gasteiger partial charge on any atom is -0.326 e. The van der Waals surface area contributed by atoms with Gasteiger partial charge in [-0.2, -0.15) is 4.31 Å². The molecule has 12 heteroatoms. The Morgan fingerprint density at radius 2 is 1.74 bits per heavy atom. The lowest BCUT2D eigenvalue weighted by atomic mass is 9.88. The van der Waals surface area contributed by atoms with Gasteiger partial charge in [0.25, 0.3) is 5.91 Å². The number of carbonyl (C=O) groups is 4. The molecule has 5 rings (SSSR count). The first kappa shape index (κ1) is 26.0. The minimum absolute atomic E-state index is 0.112. The van der Waals surface area contributed by atoms with E-state index in [2.05, 4.69) is 10.6 Å². The average molecular weight is 543 g/mol. The topological polar surface area (TPSA) is 133 Å². The molecule has 3 aliphatic rings. The molecule has 0 saturated carbocycles. The molecule has 3 heterocycles. The summed E-state index contributed by atoms with van der Waals surface area (Å²) < 4.78 is 42.8. The summed E-state index contributed by atoms with van der Waals surface area (Å²) in [6.07, 6.45) is 1.17. The Balaban J connectivity index is 1.27. The smallest absolute Gasteiger partial charge is 0.255 e. The fraction of sp³-hybridized carbons (Fsp3) is 0.385. The fourth-order valence-corrected chi connectivity index (χ4v) is 6.86. The van der Waals surface area contributed by atoms with Gasteiger partial charge in [0.15, 0.2) is 0 Å². The number of rotatable bonds is 5. The van der Waals surface area contributed by atoms with E-state index in [9.17, 15) is 27.6 Å². The first-order valence-corrected chi connectivity index (χ1v) is 13.8. The second kappa shape index (κ2) is 9.91. The molecule has 0 radical (unpaired) electrons. The quantitative estimate of drug-likeness (QED) is 0.556. The van der Waals surface area contributed by atoms with E-state index in [1.807, 2.05) is 0 Å². The second-order valence-corrected chi connectivity index (χ2v) is 11.8. The van der Waals surface area contributed by atoms with Crippen molar-refractivity contribution >= 4 is 39.3 Å². The minimum atomic E-state index is -3.75. The van der Waals surface area contributed by atoms with Crippen LogP contribution in [0, 0.1) is 5.82 Å². The molecule has 2 aromatic carbocycles. The molecule has 1 atom stereocenters. The summed E-state index contributed by atoms with van der Waals surface area (Å²) in [5.41, 5.74) is 1.75. The first-order chi connectivity index (χ1) is 18.0. The number of amides is 4. The molecule has 2 N–H and O–H groups in total. The molecule has 0 aliphatic carbocycles. The zero-order valence-corrected chi connectivity index (χ0v) is 21.5. The van der Waals surface area contributed by atoms with Crippen molar-refractivity contribution in [3.63, 3.8) is 0 Å². The monoisotopic (exact) mass is 542 g/mol. The highest BCUT2D eigenvalue weighted by atomic mass is 32.2. The molecular formula is C26H27FN4O6S. The highest BCUT2D eigenvalue weighted by molar-refractivity contribution is 7.89. The van der Waals surface area contributed by atoms with Crippen molar-refractivity contribution in [2.45, 2.75) is 56.0 Å². The van der Waals surface area contributed by atoms with Crippen LogP contribution in [0.5, 0.6) is 0 Å². The number of halogens is 1. The maximum absolute atomic E-state index is 15.2. The lowest BCUT2D eigenvalue weighted by molar-refractivity contribution is -0.137. The molecule has 0 aromatic heterocycles. The number of nitrogens with zero attached hydrogens (tertiary/aromatic N) is 2. The van der Waals surface area contributed by atoms with E-state index in [-0.39, 0.29) is 60.7 Å². The molecule has 2 fully saturated rings. The zero-order valence-electron chi connectivity index (χ0n) is 20.7. The van der Waals surface area contributed by atoms with Gasteiger partial charge in [-0.1, -0.05) is 6.07 Å². The van der Waals surface area contributed by atoms with Crippen LogP contribution in [0.25, 0.3) is 0 Å². The number of nitrogens with one attached hydrogen (secondary N) is 2. The van der Waals surface area contributed by atoms with Crippen molar-refractivity contribution in [2.75, 3.05) is 18.4 Å². The van der Waals surface area contributed by atoms with Gasteiger partial charge in [0.1, 0.15) is 11.9 Å². The van der Waals surface area contributed by atoms with Crippen molar-refractivity contribution in [1.29, 1.82) is 0 Å². The highest BCUT2D eigenvalue weighted by Gasteiger charge is 2.40. The van der Waals surface area contributed by atoms with Crippen LogP contribution in [0.3, 0.4) is 0 Å². The maximum atomic E-state index is 15.2. The van der Waals surface area contributed by atoms with Gasteiger partial charge in [-0.3, -0.25) is 24.5 Å². The average Bonchev–Trinajstić information content (AvgIpc) is 3.18. The van der Waals surface area contributed by atoms with Crippen LogP contribution in [-0.4, -0.2) is 60.4 Å². The van der Waals surface area contributed by atoms with E-state index in [0.29, 0.717) is 29.7 Å². The first-order valence-electron chi connectivity index (χ1n) is 12.4.